The van der Waals surface area contributed by atoms with Gasteiger partial charge in [0.1, 0.15) is 0 Å². The third-order valence-corrected chi connectivity index (χ3v) is 3.74. The van der Waals surface area contributed by atoms with Gasteiger partial charge in [0.05, 0.1) is 0 Å². The third kappa shape index (κ3) is 5.13. The van der Waals surface area contributed by atoms with E-state index in [4.69, 9.17) is 0 Å². The van der Waals surface area contributed by atoms with E-state index >= 15 is 0 Å². The van der Waals surface area contributed by atoms with Crippen molar-refractivity contribution in [3.8, 4) is 0 Å². The molecule has 0 atom stereocenters. The number of benzene rings is 1. The molecule has 0 fully saturated rings. The molecule has 100 valence electrons. The van der Waals surface area contributed by atoms with Crippen LogP contribution in [-0.4, -0.2) is 24.1 Å². The molecule has 2 nitrogen and oxygen atoms in total. The summed E-state index contributed by atoms with van der Waals surface area (Å²) < 4.78 is 0. The first-order valence-electron chi connectivity index (χ1n) is 6.54. The molecule has 1 rings (SSSR count). The van der Waals surface area contributed by atoms with Crippen LogP contribution in [0.3, 0.4) is 0 Å². The fourth-order valence-corrected chi connectivity index (χ4v) is 2.22. The Labute approximate surface area is 115 Å². The van der Waals surface area contributed by atoms with Gasteiger partial charge in [0.15, 0.2) is 0 Å². The fourth-order valence-electron chi connectivity index (χ4n) is 1.81. The zero-order chi connectivity index (χ0) is 13.4. The lowest BCUT2D eigenvalue weighted by molar-refractivity contribution is -0.130. The molecule has 0 saturated heterocycles. The maximum Gasteiger partial charge on any atom is 0.222 e. The van der Waals surface area contributed by atoms with Gasteiger partial charge < -0.3 is 4.90 Å². The molecule has 18 heavy (non-hydrogen) atoms. The fraction of sp³-hybridized carbons (Fsp3) is 0.533. The van der Waals surface area contributed by atoms with E-state index in [1.54, 1.807) is 11.8 Å². The molecule has 0 radical (unpaired) electrons. The molecule has 1 aromatic rings. The van der Waals surface area contributed by atoms with E-state index in [9.17, 15) is 4.79 Å². The summed E-state index contributed by atoms with van der Waals surface area (Å²) >= 11 is 1.74. The van der Waals surface area contributed by atoms with Crippen LogP contribution in [0.15, 0.2) is 29.2 Å². The Morgan fingerprint density at radius 2 is 1.89 bits per heavy atom. The van der Waals surface area contributed by atoms with Gasteiger partial charge in [0, 0.05) is 24.9 Å². The van der Waals surface area contributed by atoms with Crippen LogP contribution in [0.4, 0.5) is 0 Å². The van der Waals surface area contributed by atoms with E-state index in [0.717, 1.165) is 19.3 Å². The maximum atomic E-state index is 11.9. The molecule has 0 spiro atoms. The molecule has 0 heterocycles. The van der Waals surface area contributed by atoms with Crippen molar-refractivity contribution in [2.24, 2.45) is 0 Å². The second-order valence-corrected chi connectivity index (χ2v) is 5.43. The van der Waals surface area contributed by atoms with Crippen molar-refractivity contribution >= 4 is 17.7 Å². The summed E-state index contributed by atoms with van der Waals surface area (Å²) in [6, 6.07) is 8.41. The number of thioether (sulfide) groups is 1. The van der Waals surface area contributed by atoms with Gasteiger partial charge in [-0.05, 0) is 30.4 Å². The van der Waals surface area contributed by atoms with Crippen LogP contribution < -0.4 is 0 Å². The predicted molar refractivity (Wildman–Crippen MR) is 78.8 cm³/mol. The van der Waals surface area contributed by atoms with Crippen LogP contribution in [0.1, 0.15) is 38.2 Å². The van der Waals surface area contributed by atoms with E-state index in [2.05, 4.69) is 37.4 Å². The molecule has 0 aliphatic carbocycles. The predicted octanol–water partition coefficient (Wildman–Crippen LogP) is 3.95. The Morgan fingerprint density at radius 1 is 1.22 bits per heavy atom. The molecule has 1 aromatic carbocycles. The number of rotatable bonds is 7. The molecular formula is C15H23NOS. The summed E-state index contributed by atoms with van der Waals surface area (Å²) in [5.41, 5.74) is 1.19. The molecule has 0 aliphatic rings. The average molecular weight is 265 g/mol. The van der Waals surface area contributed by atoms with Crippen LogP contribution >= 0.6 is 11.8 Å². The average Bonchev–Trinajstić information content (AvgIpc) is 2.39. The Kier molecular flexibility index (Phi) is 6.88. The molecule has 0 saturated carbocycles. The van der Waals surface area contributed by atoms with Crippen LogP contribution in [-0.2, 0) is 11.3 Å². The highest BCUT2D eigenvalue weighted by Gasteiger charge is 2.08. The number of amides is 1. The lowest BCUT2D eigenvalue weighted by Gasteiger charge is -2.17. The SMILES string of the molecule is CCCCCC(=O)N(C)Cc1ccc(SC)cc1. The minimum Gasteiger partial charge on any atom is -0.341 e. The van der Waals surface area contributed by atoms with Crippen LogP contribution in [0, 0.1) is 0 Å². The smallest absolute Gasteiger partial charge is 0.222 e. The summed E-state index contributed by atoms with van der Waals surface area (Å²) in [5.74, 6) is 0.248. The summed E-state index contributed by atoms with van der Waals surface area (Å²) in [5, 5.41) is 0. The molecule has 1 amide bonds. The first kappa shape index (κ1) is 15.1. The first-order chi connectivity index (χ1) is 8.67. The van der Waals surface area contributed by atoms with Crippen molar-refractivity contribution in [2.75, 3.05) is 13.3 Å². The third-order valence-electron chi connectivity index (χ3n) is 3.00. The normalized spacial score (nSPS) is 10.4. The maximum absolute atomic E-state index is 11.9. The number of hydrogen-bond acceptors (Lipinski definition) is 2. The second kappa shape index (κ2) is 8.20. The Balaban J connectivity index is 2.42. The molecular weight excluding hydrogens is 242 g/mol. The largest absolute Gasteiger partial charge is 0.341 e. The lowest BCUT2D eigenvalue weighted by atomic mass is 10.1. The number of unbranched alkanes of at least 4 members (excludes halogenated alkanes) is 2. The summed E-state index contributed by atoms with van der Waals surface area (Å²) in [4.78, 5) is 15.0. The van der Waals surface area contributed by atoms with E-state index in [1.165, 1.54) is 10.5 Å². The van der Waals surface area contributed by atoms with Crippen molar-refractivity contribution < 1.29 is 4.79 Å². The van der Waals surface area contributed by atoms with Gasteiger partial charge in [0.2, 0.25) is 5.91 Å². The van der Waals surface area contributed by atoms with Crippen molar-refractivity contribution in [3.05, 3.63) is 29.8 Å². The summed E-state index contributed by atoms with van der Waals surface area (Å²) in [6.07, 6.45) is 6.05. The minimum atomic E-state index is 0.248. The van der Waals surface area contributed by atoms with Crippen molar-refractivity contribution in [1.82, 2.24) is 4.90 Å². The minimum absolute atomic E-state index is 0.248. The monoisotopic (exact) mass is 265 g/mol. The standard InChI is InChI=1S/C15H23NOS/c1-4-5-6-7-15(17)16(2)12-13-8-10-14(18-3)11-9-13/h8-11H,4-7,12H2,1-3H3. The zero-order valence-corrected chi connectivity index (χ0v) is 12.4. The first-order valence-corrected chi connectivity index (χ1v) is 7.76. The van der Waals surface area contributed by atoms with Crippen molar-refractivity contribution in [3.63, 3.8) is 0 Å². The van der Waals surface area contributed by atoms with Crippen LogP contribution in [0.2, 0.25) is 0 Å². The topological polar surface area (TPSA) is 20.3 Å². The van der Waals surface area contributed by atoms with Gasteiger partial charge in [-0.25, -0.2) is 0 Å². The Morgan fingerprint density at radius 3 is 2.44 bits per heavy atom. The zero-order valence-electron chi connectivity index (χ0n) is 11.6. The van der Waals surface area contributed by atoms with Gasteiger partial charge >= 0.3 is 0 Å². The number of carbonyl (C=O) groups excluding carboxylic acids is 1. The van der Waals surface area contributed by atoms with Crippen molar-refractivity contribution in [1.29, 1.82) is 0 Å². The highest BCUT2D eigenvalue weighted by Crippen LogP contribution is 2.16. The van der Waals surface area contributed by atoms with Gasteiger partial charge in [-0.3, -0.25) is 4.79 Å². The van der Waals surface area contributed by atoms with Gasteiger partial charge in [0.25, 0.3) is 0 Å². The van der Waals surface area contributed by atoms with Crippen molar-refractivity contribution in [2.45, 2.75) is 44.0 Å². The van der Waals surface area contributed by atoms with E-state index in [0.29, 0.717) is 13.0 Å². The van der Waals surface area contributed by atoms with Crippen LogP contribution in [0.25, 0.3) is 0 Å². The van der Waals surface area contributed by atoms with E-state index < -0.39 is 0 Å². The molecule has 0 unspecified atom stereocenters. The van der Waals surface area contributed by atoms with Gasteiger partial charge in [-0.2, -0.15) is 0 Å². The molecule has 3 heteroatoms. The van der Waals surface area contributed by atoms with Crippen LogP contribution in [0.5, 0.6) is 0 Å². The Hall–Kier alpha value is -0.960. The van der Waals surface area contributed by atoms with Gasteiger partial charge in [-0.15, -0.1) is 11.8 Å². The molecule has 0 N–H and O–H groups in total. The lowest BCUT2D eigenvalue weighted by Crippen LogP contribution is -2.25. The number of nitrogens with zero attached hydrogens (tertiary/aromatic N) is 1. The number of carbonyl (C=O) groups is 1. The highest BCUT2D eigenvalue weighted by atomic mass is 32.2. The van der Waals surface area contributed by atoms with E-state index in [-0.39, 0.29) is 5.91 Å². The molecule has 0 aliphatic heterocycles. The quantitative estimate of drug-likeness (QED) is 0.549. The second-order valence-electron chi connectivity index (χ2n) is 4.55. The molecule has 0 aromatic heterocycles. The summed E-state index contributed by atoms with van der Waals surface area (Å²) in [6.45, 7) is 2.86. The van der Waals surface area contributed by atoms with E-state index in [1.807, 2.05) is 11.9 Å². The highest BCUT2D eigenvalue weighted by molar-refractivity contribution is 7.98. The summed E-state index contributed by atoms with van der Waals surface area (Å²) in [7, 11) is 1.89. The Bertz CT molecular complexity index is 361. The van der Waals surface area contributed by atoms with Gasteiger partial charge in [-0.1, -0.05) is 31.9 Å². The molecule has 0 bridgehead atoms. The number of hydrogen-bond donors (Lipinski definition) is 0.